The molecule has 2 aliphatic heterocycles. The number of hydrazone groups is 1. The smallest absolute Gasteiger partial charge is 0.302 e. The highest BCUT2D eigenvalue weighted by atomic mass is 32.2. The molecule has 1 unspecified atom stereocenters. The molecule has 0 fully saturated rings. The van der Waals surface area contributed by atoms with Gasteiger partial charge >= 0.3 is 5.24 Å². The summed E-state index contributed by atoms with van der Waals surface area (Å²) in [6.45, 7) is 1.88. The van der Waals surface area contributed by atoms with Gasteiger partial charge in [0.15, 0.2) is 0 Å². The molecule has 1 aromatic rings. The van der Waals surface area contributed by atoms with Crippen LogP contribution in [0.15, 0.2) is 23.3 Å². The maximum atomic E-state index is 11.7. The third-order valence-corrected chi connectivity index (χ3v) is 4.24. The summed E-state index contributed by atoms with van der Waals surface area (Å²) in [7, 11) is 1.59. The van der Waals surface area contributed by atoms with Gasteiger partial charge in [0.1, 0.15) is 0 Å². The number of Topliss-reactive ketones (excluding diaryl/α,β-unsaturated/α-hetero) is 1. The molecular weight excluding hydrogens is 278 g/mol. The molecule has 0 aliphatic carbocycles. The van der Waals surface area contributed by atoms with E-state index in [4.69, 9.17) is 0 Å². The number of hydrogen-bond donors (Lipinski definition) is 1. The fraction of sp³-hybridized carbons (Fsp3) is 0.231. The van der Waals surface area contributed by atoms with Gasteiger partial charge in [0, 0.05) is 7.05 Å². The van der Waals surface area contributed by atoms with Crippen LogP contribution in [0.25, 0.3) is 0 Å². The first kappa shape index (κ1) is 12.9. The fourth-order valence-electron chi connectivity index (χ4n) is 2.16. The number of nitrogens with one attached hydrogen (secondary N) is 1. The van der Waals surface area contributed by atoms with E-state index in [-0.39, 0.29) is 10.5 Å². The highest BCUT2D eigenvalue weighted by Crippen LogP contribution is 2.29. The third-order valence-electron chi connectivity index (χ3n) is 3.20. The molecule has 0 spiro atoms. The summed E-state index contributed by atoms with van der Waals surface area (Å²) in [4.78, 5) is 34.6. The van der Waals surface area contributed by atoms with E-state index >= 15 is 0 Å². The van der Waals surface area contributed by atoms with Crippen molar-refractivity contribution in [2.24, 2.45) is 5.10 Å². The van der Waals surface area contributed by atoms with E-state index in [2.05, 4.69) is 10.4 Å². The number of carbonyl (C=O) groups is 3. The Morgan fingerprint density at radius 3 is 2.80 bits per heavy atom. The Hall–Kier alpha value is -2.15. The van der Waals surface area contributed by atoms with Crippen molar-refractivity contribution in [3.8, 4) is 0 Å². The van der Waals surface area contributed by atoms with Crippen molar-refractivity contribution in [3.63, 3.8) is 0 Å². The van der Waals surface area contributed by atoms with Crippen molar-refractivity contribution >= 4 is 40.1 Å². The summed E-state index contributed by atoms with van der Waals surface area (Å²) in [6, 6.07) is 5.12. The zero-order chi connectivity index (χ0) is 14.4. The number of ketones is 1. The molecule has 0 saturated heterocycles. The predicted molar refractivity (Wildman–Crippen MR) is 76.2 cm³/mol. The second-order valence-corrected chi connectivity index (χ2v) is 5.87. The number of nitrogens with zero attached hydrogens (tertiary/aromatic N) is 2. The molecule has 2 aliphatic rings. The van der Waals surface area contributed by atoms with Gasteiger partial charge in [-0.3, -0.25) is 14.4 Å². The normalized spacial score (nSPS) is 21.7. The number of hydrogen-bond acceptors (Lipinski definition) is 5. The Kier molecular flexibility index (Phi) is 2.86. The van der Waals surface area contributed by atoms with Crippen LogP contribution in [0.4, 0.5) is 10.5 Å². The lowest BCUT2D eigenvalue weighted by Gasteiger charge is -2.24. The second-order valence-electron chi connectivity index (χ2n) is 4.58. The first-order chi connectivity index (χ1) is 9.47. The summed E-state index contributed by atoms with van der Waals surface area (Å²) in [5.41, 5.74) is 2.33. The molecule has 0 radical (unpaired) electrons. The van der Waals surface area contributed by atoms with Crippen molar-refractivity contribution in [1.82, 2.24) is 5.01 Å². The van der Waals surface area contributed by atoms with Gasteiger partial charge in [0.2, 0.25) is 0 Å². The van der Waals surface area contributed by atoms with Crippen LogP contribution in [0, 0.1) is 0 Å². The highest BCUT2D eigenvalue weighted by molar-refractivity contribution is 8.14. The predicted octanol–water partition coefficient (Wildman–Crippen LogP) is 1.71. The summed E-state index contributed by atoms with van der Waals surface area (Å²) in [5.74, 6) is -1.15. The van der Waals surface area contributed by atoms with E-state index in [9.17, 15) is 14.4 Å². The Labute approximate surface area is 119 Å². The van der Waals surface area contributed by atoms with Crippen LogP contribution in [0.2, 0.25) is 0 Å². The summed E-state index contributed by atoms with van der Waals surface area (Å²) >= 11 is 1.18. The van der Waals surface area contributed by atoms with Gasteiger partial charge in [-0.2, -0.15) is 5.10 Å². The van der Waals surface area contributed by atoms with Crippen LogP contribution in [0.3, 0.4) is 0 Å². The monoisotopic (exact) mass is 289 g/mol. The molecule has 6 nitrogen and oxygen atoms in total. The van der Waals surface area contributed by atoms with Gasteiger partial charge in [-0.15, -0.1) is 0 Å². The minimum Gasteiger partial charge on any atom is -0.318 e. The molecule has 3 rings (SSSR count). The number of benzene rings is 1. The average molecular weight is 289 g/mol. The fourth-order valence-corrected chi connectivity index (χ4v) is 2.95. The average Bonchev–Trinajstić information content (AvgIpc) is 2.69. The van der Waals surface area contributed by atoms with Crippen LogP contribution < -0.4 is 5.32 Å². The van der Waals surface area contributed by atoms with Crippen LogP contribution in [-0.4, -0.2) is 39.9 Å². The standard InChI is InChI=1S/C13H11N3O3S/c1-6-10(15-16(2)13(19)20-6)7-3-4-9-8(5-7)11(17)12(18)14-9/h3-6H,1-2H3,(H,14,17,18). The highest BCUT2D eigenvalue weighted by Gasteiger charge is 2.31. The van der Waals surface area contributed by atoms with E-state index in [1.165, 1.54) is 16.8 Å². The first-order valence-electron chi connectivity index (χ1n) is 6.00. The van der Waals surface area contributed by atoms with Crippen molar-refractivity contribution in [1.29, 1.82) is 0 Å². The van der Waals surface area contributed by atoms with Gasteiger partial charge in [0.25, 0.3) is 11.7 Å². The minimum absolute atomic E-state index is 0.100. The largest absolute Gasteiger partial charge is 0.318 e. The van der Waals surface area contributed by atoms with Gasteiger partial charge in [0.05, 0.1) is 22.2 Å². The lowest BCUT2D eigenvalue weighted by Crippen LogP contribution is -2.31. The molecule has 2 amide bonds. The molecule has 7 heteroatoms. The Morgan fingerprint density at radius 1 is 1.30 bits per heavy atom. The molecule has 1 aromatic carbocycles. The molecule has 1 atom stereocenters. The second kappa shape index (κ2) is 4.45. The van der Waals surface area contributed by atoms with Crippen LogP contribution in [0.5, 0.6) is 0 Å². The summed E-state index contributed by atoms with van der Waals surface area (Å²) in [5, 5.41) is 7.81. The lowest BCUT2D eigenvalue weighted by atomic mass is 10.0. The number of carbonyl (C=O) groups excluding carboxylic acids is 3. The Morgan fingerprint density at radius 2 is 2.05 bits per heavy atom. The number of thioether (sulfide) groups is 1. The molecule has 2 heterocycles. The van der Waals surface area contributed by atoms with Crippen LogP contribution in [-0.2, 0) is 4.79 Å². The lowest BCUT2D eigenvalue weighted by molar-refractivity contribution is -0.112. The maximum absolute atomic E-state index is 11.7. The molecule has 1 N–H and O–H groups in total. The number of rotatable bonds is 1. The zero-order valence-corrected chi connectivity index (χ0v) is 11.7. The topological polar surface area (TPSA) is 78.8 Å². The molecule has 20 heavy (non-hydrogen) atoms. The van der Waals surface area contributed by atoms with E-state index in [0.29, 0.717) is 17.0 Å². The Bertz CT molecular complexity index is 683. The summed E-state index contributed by atoms with van der Waals surface area (Å²) < 4.78 is 0. The van der Waals surface area contributed by atoms with Crippen LogP contribution >= 0.6 is 11.8 Å². The number of anilines is 1. The molecule has 0 saturated carbocycles. The quantitative estimate of drug-likeness (QED) is 0.798. The third kappa shape index (κ3) is 1.90. The van der Waals surface area contributed by atoms with Gasteiger partial charge < -0.3 is 5.32 Å². The minimum atomic E-state index is -0.613. The van der Waals surface area contributed by atoms with Gasteiger partial charge in [-0.1, -0.05) is 17.8 Å². The van der Waals surface area contributed by atoms with Crippen molar-refractivity contribution in [3.05, 3.63) is 29.3 Å². The van der Waals surface area contributed by atoms with E-state index in [1.807, 2.05) is 6.92 Å². The van der Waals surface area contributed by atoms with Gasteiger partial charge in [-0.25, -0.2) is 5.01 Å². The maximum Gasteiger partial charge on any atom is 0.302 e. The van der Waals surface area contributed by atoms with Crippen molar-refractivity contribution < 1.29 is 14.4 Å². The summed E-state index contributed by atoms with van der Waals surface area (Å²) in [6.07, 6.45) is 0. The van der Waals surface area contributed by atoms with E-state index in [0.717, 1.165) is 5.56 Å². The molecular formula is C13H11N3O3S. The molecule has 102 valence electrons. The number of amides is 2. The molecule has 0 aromatic heterocycles. The first-order valence-corrected chi connectivity index (χ1v) is 6.88. The molecule has 0 bridgehead atoms. The van der Waals surface area contributed by atoms with E-state index < -0.39 is 11.7 Å². The Balaban J connectivity index is 2.05. The zero-order valence-electron chi connectivity index (χ0n) is 10.8. The van der Waals surface area contributed by atoms with Crippen molar-refractivity contribution in [2.75, 3.05) is 12.4 Å². The SMILES string of the molecule is CC1SC(=O)N(C)N=C1c1ccc2c(c1)C(=O)C(=O)N2. The van der Waals surface area contributed by atoms with Crippen molar-refractivity contribution in [2.45, 2.75) is 12.2 Å². The van der Waals surface area contributed by atoms with Crippen LogP contribution in [0.1, 0.15) is 22.8 Å². The number of fused-ring (bicyclic) bond motifs is 1. The van der Waals surface area contributed by atoms with E-state index in [1.54, 1.807) is 25.2 Å². The van der Waals surface area contributed by atoms with Gasteiger partial charge in [-0.05, 0) is 24.6 Å².